The molecule has 3 nitrogen and oxygen atoms in total. The molecule has 2 aromatic heterocycles. The lowest BCUT2D eigenvalue weighted by Crippen LogP contribution is -1.97. The van der Waals surface area contributed by atoms with Crippen molar-refractivity contribution in [3.63, 3.8) is 0 Å². The number of para-hydroxylation sites is 1. The maximum atomic E-state index is 6.24. The van der Waals surface area contributed by atoms with Crippen molar-refractivity contribution in [3.8, 4) is 78.4 Å². The molecule has 9 aromatic carbocycles. The van der Waals surface area contributed by atoms with E-state index in [0.717, 1.165) is 77.8 Å². The average Bonchev–Trinajstić information content (AvgIpc) is 3.70. The molecule has 276 valence electrons. The van der Waals surface area contributed by atoms with Gasteiger partial charge >= 0.3 is 0 Å². The quantitative estimate of drug-likeness (QED) is 0.163. The lowest BCUT2D eigenvalue weighted by atomic mass is 9.92. The number of fused-ring (bicyclic) bond motifs is 4. The Labute approximate surface area is 342 Å². The van der Waals surface area contributed by atoms with Crippen LogP contribution in [0.3, 0.4) is 0 Å². The van der Waals surface area contributed by atoms with Gasteiger partial charge in [0, 0.05) is 27.5 Å². The molecule has 0 atom stereocenters. The number of nitrogens with zero attached hydrogens (tertiary/aromatic N) is 2. The van der Waals surface area contributed by atoms with Crippen molar-refractivity contribution in [2.45, 2.75) is 0 Å². The average molecular weight is 753 g/mol. The van der Waals surface area contributed by atoms with Crippen molar-refractivity contribution in [3.05, 3.63) is 218 Å². The number of hydrogen-bond donors (Lipinski definition) is 0. The topological polar surface area (TPSA) is 38.9 Å². The van der Waals surface area contributed by atoms with E-state index in [1.165, 1.54) is 27.5 Å². The molecule has 0 amide bonds. The fourth-order valence-electron chi connectivity index (χ4n) is 8.20. The minimum absolute atomic E-state index is 0.682. The van der Waals surface area contributed by atoms with Gasteiger partial charge in [0.1, 0.15) is 11.2 Å². The lowest BCUT2D eigenvalue weighted by Gasteiger charge is -2.14. The molecule has 0 saturated heterocycles. The predicted molar refractivity (Wildman–Crippen MR) is 245 cm³/mol. The Hall–Kier alpha value is -7.88. The number of rotatable bonds is 7. The molecule has 0 aliphatic heterocycles. The van der Waals surface area contributed by atoms with E-state index in [2.05, 4.69) is 182 Å². The fraction of sp³-hybridized carbons (Fsp3) is 0. The Balaban J connectivity index is 1.10. The van der Waals surface area contributed by atoms with E-state index in [0.29, 0.717) is 5.82 Å². The zero-order valence-electron chi connectivity index (χ0n) is 32.1. The maximum absolute atomic E-state index is 6.24. The summed E-state index contributed by atoms with van der Waals surface area (Å²) in [5, 5.41) is 4.60. The Kier molecular flexibility index (Phi) is 8.49. The number of benzene rings is 9. The molecule has 0 saturated carbocycles. The lowest BCUT2D eigenvalue weighted by molar-refractivity contribution is 0.669. The first kappa shape index (κ1) is 34.4. The van der Waals surface area contributed by atoms with Crippen molar-refractivity contribution in [1.82, 2.24) is 9.97 Å². The normalized spacial score (nSPS) is 11.4. The van der Waals surface area contributed by atoms with E-state index < -0.39 is 0 Å². The van der Waals surface area contributed by atoms with Gasteiger partial charge in [0.15, 0.2) is 5.82 Å². The van der Waals surface area contributed by atoms with Gasteiger partial charge in [0.25, 0.3) is 0 Å². The summed E-state index contributed by atoms with van der Waals surface area (Å²) < 4.78 is 6.24. The van der Waals surface area contributed by atoms with Crippen molar-refractivity contribution >= 4 is 32.7 Å². The summed E-state index contributed by atoms with van der Waals surface area (Å²) in [4.78, 5) is 10.5. The van der Waals surface area contributed by atoms with Crippen molar-refractivity contribution in [2.24, 2.45) is 0 Å². The molecule has 0 unspecified atom stereocenters. The third-order valence-corrected chi connectivity index (χ3v) is 11.2. The molecule has 3 heteroatoms. The van der Waals surface area contributed by atoms with E-state index >= 15 is 0 Å². The molecule has 11 rings (SSSR count). The summed E-state index contributed by atoms with van der Waals surface area (Å²) in [7, 11) is 0. The van der Waals surface area contributed by atoms with Gasteiger partial charge in [0.2, 0.25) is 0 Å². The van der Waals surface area contributed by atoms with Crippen LogP contribution in [-0.4, -0.2) is 9.97 Å². The molecule has 11 aromatic rings. The van der Waals surface area contributed by atoms with Gasteiger partial charge in [-0.1, -0.05) is 158 Å². The summed E-state index contributed by atoms with van der Waals surface area (Å²) in [6.45, 7) is 0. The second kappa shape index (κ2) is 14.6. The van der Waals surface area contributed by atoms with E-state index in [4.69, 9.17) is 14.4 Å². The Morgan fingerprint density at radius 3 is 1.39 bits per heavy atom. The molecule has 0 fully saturated rings. The molecule has 59 heavy (non-hydrogen) atoms. The summed E-state index contributed by atoms with van der Waals surface area (Å²) in [6.07, 6.45) is 0. The van der Waals surface area contributed by atoms with Gasteiger partial charge in [-0.2, -0.15) is 0 Å². The molecule has 0 aliphatic carbocycles. The van der Waals surface area contributed by atoms with Gasteiger partial charge in [-0.25, -0.2) is 9.97 Å². The minimum atomic E-state index is 0.682. The summed E-state index contributed by atoms with van der Waals surface area (Å²) in [6, 6.07) is 77.2. The van der Waals surface area contributed by atoms with Crippen LogP contribution in [0.5, 0.6) is 0 Å². The van der Waals surface area contributed by atoms with Gasteiger partial charge in [-0.15, -0.1) is 0 Å². The molecule has 0 bridgehead atoms. The molecule has 2 heterocycles. The molecular weight excluding hydrogens is 717 g/mol. The van der Waals surface area contributed by atoms with Crippen LogP contribution in [0.25, 0.3) is 111 Å². The zero-order chi connectivity index (χ0) is 39.1. The molecule has 0 N–H and O–H groups in total. The SMILES string of the molecule is c1ccc(-c2cccc(-c3cc(-c4cc(-c5ccc6cc(-c7ccccc7)ccc6c5)cc(-c5ccc6oc7ccccc7c6c5)c4)nc(-c4ccccc4)n3)c2)cc1. The minimum Gasteiger partial charge on any atom is -0.456 e. The van der Waals surface area contributed by atoms with Gasteiger partial charge < -0.3 is 4.42 Å². The van der Waals surface area contributed by atoms with Crippen LogP contribution in [0.2, 0.25) is 0 Å². The first-order valence-electron chi connectivity index (χ1n) is 20.0. The third kappa shape index (κ3) is 6.65. The second-order valence-electron chi connectivity index (χ2n) is 15.0. The van der Waals surface area contributed by atoms with Crippen LogP contribution in [0.15, 0.2) is 223 Å². The standard InChI is InChI=1S/C56H36N2O/c1-4-13-37(14-5-1)40-19-12-20-46(31-40)52-36-53(58-56(57-52)39-17-8-3-9-18-39)49-33-47(44-26-25-42-29-41(23-24-43(42)30-44)38-15-6-2-7-16-38)32-48(34-49)45-27-28-55-51(35-45)50-21-10-11-22-54(50)59-55/h1-36H. The highest BCUT2D eigenvalue weighted by Gasteiger charge is 2.16. The largest absolute Gasteiger partial charge is 0.456 e. The van der Waals surface area contributed by atoms with Crippen LogP contribution in [0, 0.1) is 0 Å². The number of aromatic nitrogens is 2. The van der Waals surface area contributed by atoms with Gasteiger partial charge in [0.05, 0.1) is 11.4 Å². The van der Waals surface area contributed by atoms with Crippen LogP contribution >= 0.6 is 0 Å². The Morgan fingerprint density at radius 1 is 0.254 bits per heavy atom. The van der Waals surface area contributed by atoms with Crippen molar-refractivity contribution in [1.29, 1.82) is 0 Å². The third-order valence-electron chi connectivity index (χ3n) is 11.2. The fourth-order valence-corrected chi connectivity index (χ4v) is 8.20. The van der Waals surface area contributed by atoms with E-state index in [1.807, 2.05) is 36.4 Å². The molecule has 0 aliphatic rings. The van der Waals surface area contributed by atoms with Crippen LogP contribution < -0.4 is 0 Å². The molecular formula is C56H36N2O. The number of hydrogen-bond acceptors (Lipinski definition) is 3. The first-order valence-corrected chi connectivity index (χ1v) is 20.0. The smallest absolute Gasteiger partial charge is 0.160 e. The Morgan fingerprint density at radius 2 is 0.712 bits per heavy atom. The molecule has 0 radical (unpaired) electrons. The van der Waals surface area contributed by atoms with Crippen LogP contribution in [0.4, 0.5) is 0 Å². The highest BCUT2D eigenvalue weighted by atomic mass is 16.3. The van der Waals surface area contributed by atoms with E-state index in [-0.39, 0.29) is 0 Å². The van der Waals surface area contributed by atoms with Crippen molar-refractivity contribution < 1.29 is 4.42 Å². The monoisotopic (exact) mass is 752 g/mol. The second-order valence-corrected chi connectivity index (χ2v) is 15.0. The zero-order valence-corrected chi connectivity index (χ0v) is 32.1. The summed E-state index contributed by atoms with van der Waals surface area (Å²) in [5.74, 6) is 0.682. The Bertz CT molecular complexity index is 3310. The van der Waals surface area contributed by atoms with Crippen LogP contribution in [-0.2, 0) is 0 Å². The first-order chi connectivity index (χ1) is 29.2. The highest BCUT2D eigenvalue weighted by Crippen LogP contribution is 2.39. The molecule has 0 spiro atoms. The predicted octanol–water partition coefficient (Wildman–Crippen LogP) is 15.2. The summed E-state index contributed by atoms with van der Waals surface area (Å²) in [5.41, 5.74) is 15.7. The number of furan rings is 1. The highest BCUT2D eigenvalue weighted by molar-refractivity contribution is 6.06. The van der Waals surface area contributed by atoms with Gasteiger partial charge in [-0.05, 0) is 116 Å². The van der Waals surface area contributed by atoms with Crippen LogP contribution in [0.1, 0.15) is 0 Å². The summed E-state index contributed by atoms with van der Waals surface area (Å²) >= 11 is 0. The van der Waals surface area contributed by atoms with Gasteiger partial charge in [-0.3, -0.25) is 0 Å². The maximum Gasteiger partial charge on any atom is 0.160 e. The van der Waals surface area contributed by atoms with Crippen molar-refractivity contribution in [2.75, 3.05) is 0 Å². The van der Waals surface area contributed by atoms with E-state index in [1.54, 1.807) is 0 Å². The van der Waals surface area contributed by atoms with E-state index in [9.17, 15) is 0 Å².